The van der Waals surface area contributed by atoms with E-state index in [1.165, 1.54) is 18.4 Å². The smallest absolute Gasteiger partial charge is 0.0277 e. The Bertz CT molecular complexity index is 154. The Balaban J connectivity index is 3.51. The number of aliphatic imine (C=N–C) groups is 1. The first kappa shape index (κ1) is 10.2. The molecule has 0 aromatic rings. The van der Waals surface area contributed by atoms with Crippen LogP contribution in [-0.4, -0.2) is 13.3 Å². The molecule has 0 saturated carbocycles. The molecule has 0 unspecified atom stereocenters. The molecule has 1 nitrogen and oxygen atoms in total. The summed E-state index contributed by atoms with van der Waals surface area (Å²) in [5.74, 6) is 0. The lowest BCUT2D eigenvalue weighted by atomic mass is 10.1. The minimum absolute atomic E-state index is 1.10. The zero-order valence-corrected chi connectivity index (χ0v) is 7.51. The van der Waals surface area contributed by atoms with E-state index in [-0.39, 0.29) is 0 Å². The quantitative estimate of drug-likeness (QED) is 0.423. The van der Waals surface area contributed by atoms with Crippen LogP contribution in [0.5, 0.6) is 0 Å². The van der Waals surface area contributed by atoms with Crippen LogP contribution >= 0.6 is 0 Å². The average Bonchev–Trinajstić information content (AvgIpc) is 2.01. The van der Waals surface area contributed by atoms with E-state index >= 15 is 0 Å². The first-order valence-electron chi connectivity index (χ1n) is 4.07. The first-order chi connectivity index (χ1) is 5.31. The van der Waals surface area contributed by atoms with E-state index in [2.05, 4.69) is 18.5 Å². The van der Waals surface area contributed by atoms with E-state index in [4.69, 9.17) is 0 Å². The summed E-state index contributed by atoms with van der Waals surface area (Å²) in [5, 5.41) is 0. The van der Waals surface area contributed by atoms with E-state index < -0.39 is 0 Å². The highest BCUT2D eigenvalue weighted by atomic mass is 14.6. The Morgan fingerprint density at radius 1 is 1.55 bits per heavy atom. The summed E-state index contributed by atoms with van der Waals surface area (Å²) in [7, 11) is 1.76. The van der Waals surface area contributed by atoms with Gasteiger partial charge >= 0.3 is 0 Å². The van der Waals surface area contributed by atoms with Crippen LogP contribution in [0.2, 0.25) is 0 Å². The SMILES string of the molecule is C=C(/C=C\C=N/C)CCCC. The number of nitrogens with zero attached hydrogens (tertiary/aromatic N) is 1. The zero-order chi connectivity index (χ0) is 8.53. The van der Waals surface area contributed by atoms with Crippen LogP contribution in [0.3, 0.4) is 0 Å². The molecule has 0 rings (SSSR count). The van der Waals surface area contributed by atoms with Gasteiger partial charge in [-0.3, -0.25) is 4.99 Å². The third kappa shape index (κ3) is 7.04. The molecule has 0 N–H and O–H groups in total. The minimum Gasteiger partial charge on any atom is -0.297 e. The van der Waals surface area contributed by atoms with Crippen molar-refractivity contribution in [1.82, 2.24) is 0 Å². The lowest BCUT2D eigenvalue weighted by Gasteiger charge is -1.94. The van der Waals surface area contributed by atoms with E-state index in [1.807, 2.05) is 12.2 Å². The summed E-state index contributed by atoms with van der Waals surface area (Å²) in [4.78, 5) is 3.84. The normalized spacial score (nSPS) is 11.5. The molecule has 0 saturated heterocycles. The highest BCUT2D eigenvalue weighted by Gasteiger charge is 1.85. The minimum atomic E-state index is 1.10. The van der Waals surface area contributed by atoms with Gasteiger partial charge in [-0.15, -0.1) is 0 Å². The van der Waals surface area contributed by atoms with Crippen LogP contribution in [-0.2, 0) is 0 Å². The van der Waals surface area contributed by atoms with Crippen molar-refractivity contribution in [2.24, 2.45) is 4.99 Å². The summed E-state index contributed by atoms with van der Waals surface area (Å²) in [6.45, 7) is 6.10. The van der Waals surface area contributed by atoms with Gasteiger partial charge in [0.1, 0.15) is 0 Å². The van der Waals surface area contributed by atoms with Crippen LogP contribution in [0.25, 0.3) is 0 Å². The van der Waals surface area contributed by atoms with Crippen LogP contribution in [0.15, 0.2) is 29.3 Å². The maximum atomic E-state index is 3.92. The molecule has 62 valence electrons. The van der Waals surface area contributed by atoms with Gasteiger partial charge in [-0.1, -0.05) is 31.6 Å². The number of rotatable bonds is 5. The molecular formula is C10H17N. The monoisotopic (exact) mass is 151 g/mol. The van der Waals surface area contributed by atoms with Crippen LogP contribution in [0.1, 0.15) is 26.2 Å². The largest absolute Gasteiger partial charge is 0.297 e. The summed E-state index contributed by atoms with van der Waals surface area (Å²) in [5.41, 5.74) is 1.19. The second-order valence-electron chi connectivity index (χ2n) is 2.53. The van der Waals surface area contributed by atoms with Gasteiger partial charge in [-0.25, -0.2) is 0 Å². The molecule has 0 atom stereocenters. The topological polar surface area (TPSA) is 12.4 Å². The van der Waals surface area contributed by atoms with Crippen LogP contribution in [0.4, 0.5) is 0 Å². The van der Waals surface area contributed by atoms with Gasteiger partial charge < -0.3 is 0 Å². The molecule has 1 heteroatoms. The maximum Gasteiger partial charge on any atom is 0.0277 e. The fourth-order valence-electron chi connectivity index (χ4n) is 0.752. The molecule has 0 aromatic heterocycles. The Morgan fingerprint density at radius 2 is 2.27 bits per heavy atom. The molecule has 0 fully saturated rings. The average molecular weight is 151 g/mol. The molecular weight excluding hydrogens is 134 g/mol. The number of hydrogen-bond donors (Lipinski definition) is 0. The van der Waals surface area contributed by atoms with Gasteiger partial charge in [0.25, 0.3) is 0 Å². The number of hydrogen-bond acceptors (Lipinski definition) is 1. The fourth-order valence-corrected chi connectivity index (χ4v) is 0.752. The van der Waals surface area contributed by atoms with Crippen molar-refractivity contribution in [3.8, 4) is 0 Å². The second kappa shape index (κ2) is 7.26. The highest BCUT2D eigenvalue weighted by molar-refractivity contribution is 5.71. The van der Waals surface area contributed by atoms with Crippen LogP contribution < -0.4 is 0 Å². The Kier molecular flexibility index (Phi) is 6.70. The maximum absolute atomic E-state index is 3.92. The van der Waals surface area contributed by atoms with Gasteiger partial charge in [-0.05, 0) is 18.9 Å². The Morgan fingerprint density at radius 3 is 2.82 bits per heavy atom. The molecule has 0 bridgehead atoms. The third-order valence-corrected chi connectivity index (χ3v) is 1.42. The molecule has 0 radical (unpaired) electrons. The summed E-state index contributed by atoms with van der Waals surface area (Å²) < 4.78 is 0. The fraction of sp³-hybridized carbons (Fsp3) is 0.500. The zero-order valence-electron chi connectivity index (χ0n) is 7.51. The molecule has 0 aromatic carbocycles. The second-order valence-corrected chi connectivity index (χ2v) is 2.53. The van der Waals surface area contributed by atoms with Gasteiger partial charge in [0.05, 0.1) is 0 Å². The third-order valence-electron chi connectivity index (χ3n) is 1.42. The van der Waals surface area contributed by atoms with Crippen molar-refractivity contribution in [2.75, 3.05) is 7.05 Å². The van der Waals surface area contributed by atoms with Crippen LogP contribution in [0, 0.1) is 0 Å². The lowest BCUT2D eigenvalue weighted by Crippen LogP contribution is -1.76. The molecule has 0 aliphatic rings. The molecule has 0 spiro atoms. The summed E-state index contributed by atoms with van der Waals surface area (Å²) in [6, 6.07) is 0. The van der Waals surface area contributed by atoms with Crippen molar-refractivity contribution < 1.29 is 0 Å². The van der Waals surface area contributed by atoms with Crippen molar-refractivity contribution in [2.45, 2.75) is 26.2 Å². The van der Waals surface area contributed by atoms with E-state index in [0.717, 1.165) is 6.42 Å². The summed E-state index contributed by atoms with van der Waals surface area (Å²) >= 11 is 0. The molecule has 0 heterocycles. The highest BCUT2D eigenvalue weighted by Crippen LogP contribution is 2.05. The van der Waals surface area contributed by atoms with E-state index in [9.17, 15) is 0 Å². The predicted octanol–water partition coefficient (Wildman–Crippen LogP) is 2.99. The lowest BCUT2D eigenvalue weighted by molar-refractivity contribution is 0.799. The standard InChI is InChI=1S/C10H17N/c1-4-5-7-10(2)8-6-9-11-3/h6,8-9H,2,4-5,7H2,1,3H3/b8-6-,11-9-. The van der Waals surface area contributed by atoms with Crippen molar-refractivity contribution in [3.63, 3.8) is 0 Å². The molecule has 0 amide bonds. The van der Waals surface area contributed by atoms with Gasteiger partial charge in [-0.2, -0.15) is 0 Å². The molecule has 0 aliphatic heterocycles. The predicted molar refractivity (Wildman–Crippen MR) is 52.2 cm³/mol. The Hall–Kier alpha value is -0.850. The first-order valence-corrected chi connectivity index (χ1v) is 4.07. The van der Waals surface area contributed by atoms with E-state index in [0.29, 0.717) is 0 Å². The summed E-state index contributed by atoms with van der Waals surface area (Å²) in [6.07, 6.45) is 9.28. The van der Waals surface area contributed by atoms with Gasteiger partial charge in [0, 0.05) is 13.3 Å². The molecule has 11 heavy (non-hydrogen) atoms. The number of allylic oxidation sites excluding steroid dienone is 3. The van der Waals surface area contributed by atoms with Crippen molar-refractivity contribution >= 4 is 6.21 Å². The molecule has 0 aliphatic carbocycles. The van der Waals surface area contributed by atoms with Gasteiger partial charge in [0.15, 0.2) is 0 Å². The Labute approximate surface area is 69.5 Å². The van der Waals surface area contributed by atoms with Crippen molar-refractivity contribution in [1.29, 1.82) is 0 Å². The number of unbranched alkanes of at least 4 members (excludes halogenated alkanes) is 1. The van der Waals surface area contributed by atoms with Crippen molar-refractivity contribution in [3.05, 3.63) is 24.3 Å². The van der Waals surface area contributed by atoms with Gasteiger partial charge in [0.2, 0.25) is 0 Å². The van der Waals surface area contributed by atoms with E-state index in [1.54, 1.807) is 13.3 Å².